The van der Waals surface area contributed by atoms with Crippen LogP contribution in [0.4, 0.5) is 59.7 Å². The molecule has 0 atom stereocenters. The summed E-state index contributed by atoms with van der Waals surface area (Å²) in [4.78, 5) is 29.9. The molecule has 0 saturated heterocycles. The van der Waals surface area contributed by atoms with Crippen molar-refractivity contribution in [2.24, 2.45) is 0 Å². The number of carbonyl (C=O) groups excluding carboxylic acids is 2. The van der Waals surface area contributed by atoms with Crippen LogP contribution in [-0.2, 0) is 11.8 Å². The number of hydrogen-bond donors (Lipinski definition) is 1. The number of nitrogens with zero attached hydrogens (tertiary/aromatic N) is 2. The van der Waals surface area contributed by atoms with E-state index in [1.807, 2.05) is 0 Å². The number of alkyl halides is 10. The zero-order valence-electron chi connectivity index (χ0n) is 19.9. The fourth-order valence-electron chi connectivity index (χ4n) is 3.57. The van der Waals surface area contributed by atoms with Gasteiger partial charge in [0, 0.05) is 28.6 Å². The molecular formula is C24H13F11IN3O2. The Kier molecular flexibility index (Phi) is 8.63. The second-order valence-corrected chi connectivity index (χ2v) is 9.39. The minimum Gasteiger partial charge on any atom is -0.320 e. The van der Waals surface area contributed by atoms with Gasteiger partial charge < -0.3 is 10.2 Å². The van der Waals surface area contributed by atoms with Gasteiger partial charge in [-0.05, 0) is 59.0 Å². The largest absolute Gasteiger partial charge is 0.435 e. The van der Waals surface area contributed by atoms with Crippen LogP contribution >= 0.6 is 22.6 Å². The SMILES string of the molecule is CN(C(=O)c1cccnc1)c1cccc(C(=O)Nc2c(I)cc(C(F)(C(F)(F)F)C(F)(F)F)cc2C(F)(F)F)c1F. The number of nitrogens with one attached hydrogen (secondary N) is 1. The molecule has 1 heterocycles. The van der Waals surface area contributed by atoms with Crippen LogP contribution in [0.15, 0.2) is 54.9 Å². The van der Waals surface area contributed by atoms with Crippen LogP contribution in [0, 0.1) is 9.39 Å². The topological polar surface area (TPSA) is 62.3 Å². The smallest absolute Gasteiger partial charge is 0.320 e. The molecule has 220 valence electrons. The van der Waals surface area contributed by atoms with Crippen LogP contribution < -0.4 is 10.2 Å². The number of carbonyl (C=O) groups is 2. The number of rotatable bonds is 5. The predicted octanol–water partition coefficient (Wildman–Crippen LogP) is 7.66. The first kappa shape index (κ1) is 32.0. The number of benzene rings is 2. The Morgan fingerprint density at radius 2 is 1.51 bits per heavy atom. The van der Waals surface area contributed by atoms with Crippen LogP contribution in [0.5, 0.6) is 0 Å². The summed E-state index contributed by atoms with van der Waals surface area (Å²) in [5, 5.41) is 1.62. The highest BCUT2D eigenvalue weighted by Gasteiger charge is 2.73. The summed E-state index contributed by atoms with van der Waals surface area (Å²) in [6.07, 6.45) is -16.6. The molecule has 5 nitrogen and oxygen atoms in total. The van der Waals surface area contributed by atoms with E-state index in [1.165, 1.54) is 18.3 Å². The molecule has 2 amide bonds. The third-order valence-corrected chi connectivity index (χ3v) is 6.46. The van der Waals surface area contributed by atoms with Crippen molar-refractivity contribution in [1.82, 2.24) is 4.98 Å². The van der Waals surface area contributed by atoms with E-state index in [-0.39, 0.29) is 11.6 Å². The maximum atomic E-state index is 15.3. The monoisotopic (exact) mass is 711 g/mol. The third-order valence-electron chi connectivity index (χ3n) is 5.61. The van der Waals surface area contributed by atoms with E-state index in [1.54, 1.807) is 5.32 Å². The van der Waals surface area contributed by atoms with Crippen molar-refractivity contribution in [1.29, 1.82) is 0 Å². The lowest BCUT2D eigenvalue weighted by atomic mass is 9.92. The predicted molar refractivity (Wildman–Crippen MR) is 130 cm³/mol. The first-order valence-electron chi connectivity index (χ1n) is 10.7. The van der Waals surface area contributed by atoms with E-state index in [4.69, 9.17) is 0 Å². The molecule has 1 aromatic heterocycles. The van der Waals surface area contributed by atoms with Crippen LogP contribution in [0.3, 0.4) is 0 Å². The lowest BCUT2D eigenvalue weighted by Crippen LogP contribution is -2.50. The summed E-state index contributed by atoms with van der Waals surface area (Å²) in [5.74, 6) is -3.80. The standard InChI is InChI=1S/C24H13F11IN3O2/c1-39(20(41)11-4-3-7-37-10-11)16-6-2-5-13(17(16)25)19(40)38-18-14(22(27,28)29)8-12(9-15(18)36)21(26,23(30,31)32)24(33,34)35/h2-10H,1H3,(H,38,40). The Labute approximate surface area is 236 Å². The number of anilines is 2. The zero-order valence-corrected chi connectivity index (χ0v) is 22.1. The van der Waals surface area contributed by atoms with Crippen LogP contribution in [0.2, 0.25) is 0 Å². The van der Waals surface area contributed by atoms with Gasteiger partial charge in [-0.1, -0.05) is 6.07 Å². The van der Waals surface area contributed by atoms with Gasteiger partial charge in [-0.3, -0.25) is 14.6 Å². The first-order valence-corrected chi connectivity index (χ1v) is 11.8. The highest BCUT2D eigenvalue weighted by molar-refractivity contribution is 14.1. The van der Waals surface area contributed by atoms with Gasteiger partial charge in [0.1, 0.15) is 0 Å². The summed E-state index contributed by atoms with van der Waals surface area (Å²) in [6, 6.07) is 4.76. The molecule has 1 N–H and O–H groups in total. The summed E-state index contributed by atoms with van der Waals surface area (Å²) >= 11 is 0.873. The van der Waals surface area contributed by atoms with Crippen LogP contribution in [0.1, 0.15) is 31.8 Å². The number of hydrogen-bond acceptors (Lipinski definition) is 3. The van der Waals surface area contributed by atoms with Crippen LogP contribution in [-0.4, -0.2) is 36.2 Å². The lowest BCUT2D eigenvalue weighted by molar-refractivity contribution is -0.348. The van der Waals surface area contributed by atoms with E-state index in [9.17, 15) is 53.5 Å². The fourth-order valence-corrected chi connectivity index (χ4v) is 4.33. The maximum Gasteiger partial charge on any atom is 0.435 e. The van der Waals surface area contributed by atoms with E-state index < -0.39 is 79.5 Å². The first-order chi connectivity index (χ1) is 18.7. The van der Waals surface area contributed by atoms with Crippen molar-refractivity contribution >= 4 is 45.8 Å². The van der Waals surface area contributed by atoms with Crippen molar-refractivity contribution in [3.8, 4) is 0 Å². The van der Waals surface area contributed by atoms with Gasteiger partial charge >= 0.3 is 24.2 Å². The number of pyridine rings is 1. The van der Waals surface area contributed by atoms with E-state index in [2.05, 4.69) is 4.98 Å². The Bertz CT molecular complexity index is 1460. The molecule has 17 heteroatoms. The number of aromatic nitrogens is 1. The minimum atomic E-state index is -6.70. The van der Waals surface area contributed by atoms with E-state index >= 15 is 4.39 Å². The second kappa shape index (κ2) is 11.1. The average molecular weight is 711 g/mol. The van der Waals surface area contributed by atoms with Gasteiger partial charge in [0.05, 0.1) is 28.1 Å². The molecule has 41 heavy (non-hydrogen) atoms. The molecule has 0 saturated carbocycles. The molecule has 3 rings (SSSR count). The molecule has 0 spiro atoms. The third kappa shape index (κ3) is 6.08. The molecule has 0 bridgehead atoms. The fraction of sp³-hybridized carbons (Fsp3) is 0.208. The summed E-state index contributed by atoms with van der Waals surface area (Å²) in [6.45, 7) is 0. The van der Waals surface area contributed by atoms with E-state index in [0.29, 0.717) is 0 Å². The number of halogens is 12. The second-order valence-electron chi connectivity index (χ2n) is 8.23. The van der Waals surface area contributed by atoms with Gasteiger partial charge in [-0.2, -0.15) is 39.5 Å². The molecule has 0 radical (unpaired) electrons. The van der Waals surface area contributed by atoms with Gasteiger partial charge in [0.25, 0.3) is 11.8 Å². The van der Waals surface area contributed by atoms with Gasteiger partial charge in [0.15, 0.2) is 5.82 Å². The van der Waals surface area contributed by atoms with Crippen LogP contribution in [0.25, 0.3) is 0 Å². The Morgan fingerprint density at radius 1 is 0.902 bits per heavy atom. The quantitative estimate of drug-likeness (QED) is 0.219. The molecule has 0 aliphatic rings. The van der Waals surface area contributed by atoms with Gasteiger partial charge in [-0.15, -0.1) is 0 Å². The Morgan fingerprint density at radius 3 is 2.02 bits per heavy atom. The maximum absolute atomic E-state index is 15.3. The summed E-state index contributed by atoms with van der Waals surface area (Å²) in [7, 11) is 1.11. The zero-order chi connectivity index (χ0) is 31.1. The van der Waals surface area contributed by atoms with Gasteiger partial charge in [-0.25, -0.2) is 8.78 Å². The molecule has 0 aliphatic heterocycles. The normalized spacial score (nSPS) is 12.7. The van der Waals surface area contributed by atoms with E-state index in [0.717, 1.165) is 58.9 Å². The molecule has 0 aliphatic carbocycles. The minimum absolute atomic E-state index is 0.00960. The molecule has 2 aromatic carbocycles. The lowest BCUT2D eigenvalue weighted by Gasteiger charge is -2.31. The van der Waals surface area contributed by atoms with Crippen molar-refractivity contribution in [3.63, 3.8) is 0 Å². The van der Waals surface area contributed by atoms with Crippen molar-refractivity contribution in [3.05, 3.63) is 86.5 Å². The Balaban J connectivity index is 2.08. The van der Waals surface area contributed by atoms with Crippen molar-refractivity contribution < 1.29 is 57.9 Å². The highest BCUT2D eigenvalue weighted by atomic mass is 127. The van der Waals surface area contributed by atoms with Crippen molar-refractivity contribution in [2.45, 2.75) is 24.2 Å². The Hall–Kier alpha value is -3.51. The van der Waals surface area contributed by atoms with Crippen molar-refractivity contribution in [2.75, 3.05) is 17.3 Å². The molecular weight excluding hydrogens is 698 g/mol. The molecule has 3 aromatic rings. The van der Waals surface area contributed by atoms with Gasteiger partial charge in [0.2, 0.25) is 0 Å². The summed E-state index contributed by atoms with van der Waals surface area (Å²) < 4.78 is 149. The molecule has 0 unspecified atom stereocenters. The highest BCUT2D eigenvalue weighted by Crippen LogP contribution is 2.54. The summed E-state index contributed by atoms with van der Waals surface area (Å²) in [5.41, 5.74) is -13.7. The number of amides is 2. The molecule has 0 fully saturated rings. The average Bonchev–Trinajstić information content (AvgIpc) is 2.86.